The maximum Gasteiger partial charge on any atom is 0.0977 e. The van der Waals surface area contributed by atoms with Gasteiger partial charge in [-0.05, 0) is 12.3 Å². The molecule has 1 heterocycles. The third kappa shape index (κ3) is 0.787. The van der Waals surface area contributed by atoms with Gasteiger partial charge in [0.25, 0.3) is 0 Å². The fourth-order valence-corrected chi connectivity index (χ4v) is 0.693. The van der Waals surface area contributed by atoms with Crippen LogP contribution in [0.1, 0.15) is 4.88 Å². The highest BCUT2D eigenvalue weighted by molar-refractivity contribution is 7.10. The maximum absolute atomic E-state index is 6.58. The standard InChI is InChI=1S/C5H2NS/c1-2-5-3-6-4-7-5/h3-4H. The van der Waals surface area contributed by atoms with Crippen LogP contribution in [-0.4, -0.2) is 4.98 Å². The molecule has 0 N–H and O–H groups in total. The van der Waals surface area contributed by atoms with Crippen LogP contribution in [0.4, 0.5) is 0 Å². The van der Waals surface area contributed by atoms with Crippen LogP contribution in [0.3, 0.4) is 0 Å². The average Bonchev–Trinajstić information content (AvgIpc) is 2.14. The third-order valence-corrected chi connectivity index (χ3v) is 1.24. The van der Waals surface area contributed by atoms with Gasteiger partial charge in [-0.1, -0.05) is 0 Å². The van der Waals surface area contributed by atoms with Gasteiger partial charge in [0.1, 0.15) is 0 Å². The Labute approximate surface area is 46.0 Å². The molecule has 33 valence electrons. The van der Waals surface area contributed by atoms with E-state index < -0.39 is 0 Å². The summed E-state index contributed by atoms with van der Waals surface area (Å²) in [5.41, 5.74) is 1.68. The molecule has 1 rings (SSSR count). The largest absolute Gasteiger partial charge is 0.252 e. The Morgan fingerprint density at radius 3 is 3.00 bits per heavy atom. The summed E-state index contributed by atoms with van der Waals surface area (Å²) in [4.78, 5) is 4.51. The van der Waals surface area contributed by atoms with E-state index in [0.717, 1.165) is 4.88 Å². The zero-order valence-electron chi connectivity index (χ0n) is 3.51. The van der Waals surface area contributed by atoms with E-state index in [0.29, 0.717) is 0 Å². The van der Waals surface area contributed by atoms with E-state index in [4.69, 9.17) is 6.42 Å². The highest BCUT2D eigenvalue weighted by Gasteiger charge is 1.81. The number of nitrogens with zero attached hydrogens (tertiary/aromatic N) is 1. The van der Waals surface area contributed by atoms with Crippen LogP contribution in [0.15, 0.2) is 11.7 Å². The zero-order chi connectivity index (χ0) is 5.11. The summed E-state index contributed by atoms with van der Waals surface area (Å²) in [5.74, 6) is 2.21. The van der Waals surface area contributed by atoms with Gasteiger partial charge in [-0.2, -0.15) is 0 Å². The molecule has 0 aliphatic carbocycles. The predicted octanol–water partition coefficient (Wildman–Crippen LogP) is 1.08. The first kappa shape index (κ1) is 4.35. The van der Waals surface area contributed by atoms with Crippen molar-refractivity contribution < 1.29 is 0 Å². The van der Waals surface area contributed by atoms with Gasteiger partial charge in [-0.3, -0.25) is 4.98 Å². The zero-order valence-corrected chi connectivity index (χ0v) is 4.33. The van der Waals surface area contributed by atoms with Gasteiger partial charge in [-0.25, -0.2) is 0 Å². The fraction of sp³-hybridized carbons (Fsp3) is 0. The van der Waals surface area contributed by atoms with Gasteiger partial charge in [-0.15, -0.1) is 11.3 Å². The second-order valence-corrected chi connectivity index (χ2v) is 1.88. The van der Waals surface area contributed by atoms with Gasteiger partial charge >= 0.3 is 0 Å². The Bertz CT molecular complexity index is 170. The van der Waals surface area contributed by atoms with Crippen molar-refractivity contribution in [2.45, 2.75) is 0 Å². The first-order valence-electron chi connectivity index (χ1n) is 1.74. The molecule has 0 saturated heterocycles. The van der Waals surface area contributed by atoms with Gasteiger partial charge in [0.2, 0.25) is 0 Å². The van der Waals surface area contributed by atoms with Crippen molar-refractivity contribution in [1.82, 2.24) is 4.98 Å². The summed E-state index contributed by atoms with van der Waals surface area (Å²) in [6.07, 6.45) is 8.19. The molecule has 0 bridgehead atoms. The molecule has 0 unspecified atom stereocenters. The van der Waals surface area contributed by atoms with Gasteiger partial charge in [0, 0.05) is 0 Å². The molecule has 0 aromatic carbocycles. The lowest BCUT2D eigenvalue weighted by molar-refractivity contribution is 1.42. The van der Waals surface area contributed by atoms with Crippen molar-refractivity contribution in [2.24, 2.45) is 0 Å². The van der Waals surface area contributed by atoms with Crippen LogP contribution in [0.2, 0.25) is 0 Å². The van der Waals surface area contributed by atoms with Gasteiger partial charge in [0.15, 0.2) is 0 Å². The predicted molar refractivity (Wildman–Crippen MR) is 28.3 cm³/mol. The van der Waals surface area contributed by atoms with E-state index in [1.54, 1.807) is 11.7 Å². The molecule has 1 aromatic heterocycles. The Morgan fingerprint density at radius 2 is 2.71 bits per heavy atom. The third-order valence-electron chi connectivity index (χ3n) is 0.556. The first-order chi connectivity index (χ1) is 3.43. The van der Waals surface area contributed by atoms with E-state index in [1.807, 2.05) is 0 Å². The second kappa shape index (κ2) is 1.76. The quantitative estimate of drug-likeness (QED) is 0.453. The Balaban J connectivity index is 3.04. The first-order valence-corrected chi connectivity index (χ1v) is 2.62. The summed E-state index contributed by atoms with van der Waals surface area (Å²) < 4.78 is 0. The number of aromatic nitrogens is 1. The van der Waals surface area contributed by atoms with Crippen LogP contribution < -0.4 is 0 Å². The van der Waals surface area contributed by atoms with E-state index in [2.05, 4.69) is 10.9 Å². The summed E-state index contributed by atoms with van der Waals surface area (Å²) in [6, 6.07) is 0. The minimum absolute atomic E-state index is 0.778. The van der Waals surface area contributed by atoms with E-state index >= 15 is 0 Å². The lowest BCUT2D eigenvalue weighted by atomic mass is 10.6. The summed E-state index contributed by atoms with van der Waals surface area (Å²) in [6.45, 7) is 0. The van der Waals surface area contributed by atoms with E-state index in [1.165, 1.54) is 11.3 Å². The molecule has 0 fully saturated rings. The molecule has 1 radical (unpaired) electrons. The highest BCUT2D eigenvalue weighted by atomic mass is 32.1. The number of thiazole rings is 1. The smallest absolute Gasteiger partial charge is 0.0977 e. The maximum atomic E-state index is 6.58. The van der Waals surface area contributed by atoms with Crippen molar-refractivity contribution in [3.05, 3.63) is 23.0 Å². The van der Waals surface area contributed by atoms with Crippen molar-refractivity contribution >= 4 is 11.3 Å². The van der Waals surface area contributed by atoms with Crippen LogP contribution in [0.5, 0.6) is 0 Å². The molecule has 0 amide bonds. The average molecular weight is 108 g/mol. The van der Waals surface area contributed by atoms with Gasteiger partial charge < -0.3 is 0 Å². The van der Waals surface area contributed by atoms with Crippen molar-refractivity contribution in [3.63, 3.8) is 0 Å². The molecular formula is C5H2NS. The lowest BCUT2D eigenvalue weighted by Gasteiger charge is -1.63. The van der Waals surface area contributed by atoms with Crippen LogP contribution >= 0.6 is 11.3 Å². The van der Waals surface area contributed by atoms with E-state index in [9.17, 15) is 0 Å². The summed E-state index contributed by atoms with van der Waals surface area (Å²) in [7, 11) is 0. The lowest BCUT2D eigenvalue weighted by Crippen LogP contribution is -1.53. The molecular weight excluding hydrogens is 106 g/mol. The molecule has 7 heavy (non-hydrogen) atoms. The second-order valence-electron chi connectivity index (χ2n) is 0.991. The molecule has 0 aliphatic heterocycles. The minimum atomic E-state index is 0.778. The summed E-state index contributed by atoms with van der Waals surface area (Å²) in [5, 5.41) is 0. The van der Waals surface area contributed by atoms with E-state index in [-0.39, 0.29) is 0 Å². The van der Waals surface area contributed by atoms with Crippen LogP contribution in [0.25, 0.3) is 0 Å². The minimum Gasteiger partial charge on any atom is -0.252 e. The van der Waals surface area contributed by atoms with Crippen LogP contribution in [-0.2, 0) is 0 Å². The SMILES string of the molecule is [C]#Cc1cncs1. The Morgan fingerprint density at radius 1 is 1.86 bits per heavy atom. The van der Waals surface area contributed by atoms with Crippen LogP contribution in [0, 0.1) is 12.3 Å². The molecule has 2 heteroatoms. The molecule has 0 spiro atoms. The normalized spacial score (nSPS) is 7.86. The molecule has 1 aromatic rings. The Kier molecular flexibility index (Phi) is 1.10. The monoisotopic (exact) mass is 108 g/mol. The van der Waals surface area contributed by atoms with Crippen molar-refractivity contribution in [3.8, 4) is 5.92 Å². The fourth-order valence-electron chi connectivity index (χ4n) is 0.278. The Hall–Kier alpha value is -0.810. The van der Waals surface area contributed by atoms with Gasteiger partial charge in [0.05, 0.1) is 16.6 Å². The number of rotatable bonds is 0. The number of hydrogen-bond acceptors (Lipinski definition) is 2. The van der Waals surface area contributed by atoms with Crippen molar-refractivity contribution in [2.75, 3.05) is 0 Å². The number of hydrogen-bond donors (Lipinski definition) is 0. The topological polar surface area (TPSA) is 12.9 Å². The molecule has 0 aliphatic rings. The molecule has 0 atom stereocenters. The van der Waals surface area contributed by atoms with Crippen molar-refractivity contribution in [1.29, 1.82) is 0 Å². The molecule has 0 saturated carbocycles. The highest BCUT2D eigenvalue weighted by Crippen LogP contribution is 2.00. The summed E-state index contributed by atoms with van der Waals surface area (Å²) >= 11 is 1.41. The molecule has 1 nitrogen and oxygen atoms in total.